The molecule has 5 aliphatic rings. The van der Waals surface area contributed by atoms with Gasteiger partial charge in [0, 0.05) is 49.9 Å². The minimum Gasteiger partial charge on any atom is -0.472 e. The molecule has 0 aromatic carbocycles. The molecular formula is C30H36O9. The zero-order chi connectivity index (χ0) is 28.3. The number of rotatable bonds is 3. The number of ether oxygens (including phenoxy) is 3. The fraction of sp³-hybridized carbons (Fsp3) is 0.667. The fourth-order valence-electron chi connectivity index (χ4n) is 9.64. The van der Waals surface area contributed by atoms with Gasteiger partial charge in [0.05, 0.1) is 35.1 Å². The third-order valence-electron chi connectivity index (χ3n) is 10.8. The van der Waals surface area contributed by atoms with Gasteiger partial charge in [-0.3, -0.25) is 19.2 Å². The molecule has 1 aromatic heterocycles. The van der Waals surface area contributed by atoms with Crippen LogP contribution in [0.1, 0.15) is 72.3 Å². The molecule has 1 N–H and O–H groups in total. The van der Waals surface area contributed by atoms with Gasteiger partial charge in [-0.2, -0.15) is 0 Å². The van der Waals surface area contributed by atoms with E-state index in [1.165, 1.54) is 13.8 Å². The van der Waals surface area contributed by atoms with Crippen LogP contribution in [0.2, 0.25) is 0 Å². The van der Waals surface area contributed by atoms with Crippen LogP contribution in [-0.2, 0) is 33.4 Å². The highest BCUT2D eigenvalue weighted by molar-refractivity contribution is 5.99. The van der Waals surface area contributed by atoms with E-state index in [1.807, 2.05) is 39.8 Å². The second-order valence-electron chi connectivity index (χ2n) is 13.0. The molecule has 10 atom stereocenters. The Morgan fingerprint density at radius 2 is 1.77 bits per heavy atom. The highest BCUT2D eigenvalue weighted by atomic mass is 16.6. The molecular weight excluding hydrogens is 504 g/mol. The van der Waals surface area contributed by atoms with E-state index >= 15 is 0 Å². The Hall–Kier alpha value is -2.78. The van der Waals surface area contributed by atoms with Gasteiger partial charge in [0.25, 0.3) is 0 Å². The second-order valence-corrected chi connectivity index (χ2v) is 13.0. The van der Waals surface area contributed by atoms with Crippen molar-refractivity contribution in [2.45, 2.75) is 96.7 Å². The average molecular weight is 541 g/mol. The first-order valence-electron chi connectivity index (χ1n) is 13.7. The van der Waals surface area contributed by atoms with Crippen molar-refractivity contribution in [3.63, 3.8) is 0 Å². The Kier molecular flexibility index (Phi) is 5.51. The minimum atomic E-state index is -1.31. The van der Waals surface area contributed by atoms with E-state index in [0.717, 1.165) is 11.1 Å². The molecule has 1 saturated heterocycles. The molecule has 0 amide bonds. The zero-order valence-electron chi connectivity index (χ0n) is 23.2. The lowest BCUT2D eigenvalue weighted by atomic mass is 9.39. The number of carbonyl (C=O) groups excluding carboxylic acids is 4. The second kappa shape index (κ2) is 8.13. The average Bonchev–Trinajstić information content (AvgIpc) is 3.57. The Labute approximate surface area is 227 Å². The monoisotopic (exact) mass is 540 g/mol. The van der Waals surface area contributed by atoms with Crippen molar-refractivity contribution in [3.05, 3.63) is 35.8 Å². The van der Waals surface area contributed by atoms with Crippen molar-refractivity contribution >= 4 is 23.5 Å². The van der Waals surface area contributed by atoms with Crippen molar-refractivity contribution < 1.29 is 42.9 Å². The summed E-state index contributed by atoms with van der Waals surface area (Å²) in [4.78, 5) is 54.0. The molecule has 4 fully saturated rings. The lowest BCUT2D eigenvalue weighted by Crippen LogP contribution is -2.72. The van der Waals surface area contributed by atoms with Crippen molar-refractivity contribution in [2.75, 3.05) is 0 Å². The molecule has 6 rings (SSSR count). The molecule has 1 spiro atoms. The van der Waals surface area contributed by atoms with Crippen molar-refractivity contribution in [3.8, 4) is 0 Å². The number of esters is 2. The van der Waals surface area contributed by atoms with Gasteiger partial charge in [0.1, 0.15) is 24.1 Å². The number of Topliss-reactive ketones (excluding diaryl/α,β-unsaturated/α-hetero) is 2. The molecule has 210 valence electrons. The molecule has 9 nitrogen and oxygen atoms in total. The van der Waals surface area contributed by atoms with Crippen LogP contribution in [0, 0.1) is 28.1 Å². The maximum atomic E-state index is 14.5. The van der Waals surface area contributed by atoms with Gasteiger partial charge in [-0.25, -0.2) is 0 Å². The van der Waals surface area contributed by atoms with E-state index in [9.17, 15) is 24.3 Å². The van der Waals surface area contributed by atoms with Gasteiger partial charge in [-0.15, -0.1) is 0 Å². The molecule has 39 heavy (non-hydrogen) atoms. The van der Waals surface area contributed by atoms with Gasteiger partial charge in [0.15, 0.2) is 5.78 Å². The lowest BCUT2D eigenvalue weighted by Gasteiger charge is -2.64. The predicted molar refractivity (Wildman–Crippen MR) is 135 cm³/mol. The highest BCUT2D eigenvalue weighted by Gasteiger charge is 2.82. The number of carbonyl (C=O) groups is 4. The SMILES string of the molecule is CC(=O)O[C@@H]1C2[C@@](C)(C(=O)C[C@H]3C(C)(C)O[C@H]4C[C@H](O)C(=O)[C@]243)C2=CC[C@@H](c3ccoc3)[C@]2(C)[C@H]1OC(C)=O. The van der Waals surface area contributed by atoms with Crippen LogP contribution in [0.3, 0.4) is 0 Å². The topological polar surface area (TPSA) is 129 Å². The Bertz CT molecular complexity index is 1290. The van der Waals surface area contributed by atoms with Gasteiger partial charge in [-0.1, -0.05) is 18.6 Å². The van der Waals surface area contributed by atoms with Gasteiger partial charge in [0.2, 0.25) is 0 Å². The highest BCUT2D eigenvalue weighted by Crippen LogP contribution is 2.75. The quantitative estimate of drug-likeness (QED) is 0.453. The number of hydrogen-bond acceptors (Lipinski definition) is 9. The van der Waals surface area contributed by atoms with Crippen LogP contribution in [0.4, 0.5) is 0 Å². The molecule has 1 aliphatic heterocycles. The van der Waals surface area contributed by atoms with E-state index in [-0.39, 0.29) is 30.3 Å². The maximum Gasteiger partial charge on any atom is 0.303 e. The summed E-state index contributed by atoms with van der Waals surface area (Å²) in [7, 11) is 0. The van der Waals surface area contributed by atoms with Crippen LogP contribution in [0.5, 0.6) is 0 Å². The van der Waals surface area contributed by atoms with Gasteiger partial charge >= 0.3 is 11.9 Å². The van der Waals surface area contributed by atoms with Crippen molar-refractivity contribution in [1.29, 1.82) is 0 Å². The summed E-state index contributed by atoms with van der Waals surface area (Å²) < 4.78 is 24.0. The number of hydrogen-bond donors (Lipinski definition) is 1. The standard InChI is InChI=1S/C30H36O9/c1-14(31)37-23-24-29(6,21(34)12-20-27(3,4)39-22-11-18(33)25(35)30(20,22)24)19-8-7-17(16-9-10-36-13-16)28(19,5)26(23)38-15(2)32/h8-10,13,17-18,20,22-24,26,33H,7,11-12H2,1-6H3/t17-,18-,20-,22-,23+,24?,26-,28-,29+,30-/m0/s1. The van der Waals surface area contributed by atoms with Crippen LogP contribution in [0.25, 0.3) is 0 Å². The number of fused-ring (bicyclic) bond motifs is 3. The van der Waals surface area contributed by atoms with Crippen LogP contribution in [-0.4, -0.2) is 58.6 Å². The Balaban J connectivity index is 1.65. The third-order valence-corrected chi connectivity index (χ3v) is 10.8. The summed E-state index contributed by atoms with van der Waals surface area (Å²) in [6.07, 6.45) is 1.91. The molecule has 1 aromatic rings. The molecule has 3 saturated carbocycles. The molecule has 1 unspecified atom stereocenters. The van der Waals surface area contributed by atoms with Crippen molar-refractivity contribution in [2.24, 2.45) is 28.1 Å². The van der Waals surface area contributed by atoms with E-state index in [0.29, 0.717) is 6.42 Å². The van der Waals surface area contributed by atoms with Gasteiger partial charge < -0.3 is 23.7 Å². The molecule has 2 heterocycles. The first-order valence-corrected chi connectivity index (χ1v) is 13.7. The summed E-state index contributed by atoms with van der Waals surface area (Å²) >= 11 is 0. The van der Waals surface area contributed by atoms with E-state index in [1.54, 1.807) is 12.5 Å². The smallest absolute Gasteiger partial charge is 0.303 e. The van der Waals surface area contributed by atoms with Crippen molar-refractivity contribution in [1.82, 2.24) is 0 Å². The number of aliphatic hydroxyl groups is 1. The normalized spacial score (nSPS) is 45.6. The van der Waals surface area contributed by atoms with E-state index in [4.69, 9.17) is 18.6 Å². The summed E-state index contributed by atoms with van der Waals surface area (Å²) in [6.45, 7) is 10.1. The van der Waals surface area contributed by atoms with E-state index in [2.05, 4.69) is 0 Å². The zero-order valence-corrected chi connectivity index (χ0v) is 23.2. The minimum absolute atomic E-state index is 0.0709. The first kappa shape index (κ1) is 26.4. The Morgan fingerprint density at radius 1 is 1.08 bits per heavy atom. The van der Waals surface area contributed by atoms with E-state index < -0.39 is 70.0 Å². The molecule has 4 aliphatic carbocycles. The van der Waals surface area contributed by atoms with Crippen LogP contribution in [0.15, 0.2) is 34.7 Å². The third kappa shape index (κ3) is 3.09. The Morgan fingerprint density at radius 3 is 2.38 bits per heavy atom. The number of aliphatic hydroxyl groups excluding tert-OH is 1. The molecule has 9 heteroatoms. The molecule has 0 radical (unpaired) electrons. The van der Waals surface area contributed by atoms with Crippen LogP contribution >= 0.6 is 0 Å². The summed E-state index contributed by atoms with van der Waals surface area (Å²) in [5.74, 6) is -3.31. The maximum absolute atomic E-state index is 14.5. The summed E-state index contributed by atoms with van der Waals surface area (Å²) in [6, 6.07) is 1.85. The fourth-order valence-corrected chi connectivity index (χ4v) is 9.64. The first-order chi connectivity index (χ1) is 18.2. The predicted octanol–water partition coefficient (Wildman–Crippen LogP) is 3.29. The lowest BCUT2D eigenvalue weighted by molar-refractivity contribution is -0.220. The number of allylic oxidation sites excluding steroid dienone is 1. The number of ketones is 2. The largest absolute Gasteiger partial charge is 0.472 e. The number of furan rings is 1. The van der Waals surface area contributed by atoms with Crippen LogP contribution < -0.4 is 0 Å². The summed E-state index contributed by atoms with van der Waals surface area (Å²) in [5.41, 5.74) is -2.66. The summed E-state index contributed by atoms with van der Waals surface area (Å²) in [5, 5.41) is 10.9. The van der Waals surface area contributed by atoms with Gasteiger partial charge in [-0.05, 0) is 38.8 Å². The molecule has 0 bridgehead atoms.